The molecule has 0 aliphatic rings. The van der Waals surface area contributed by atoms with Gasteiger partial charge < -0.3 is 4.74 Å². The normalized spacial score (nSPS) is 11.1. The van der Waals surface area contributed by atoms with Gasteiger partial charge in [0.25, 0.3) is 21.5 Å². The molecule has 0 amide bonds. The number of esters is 1. The first-order valence-corrected chi connectivity index (χ1v) is 8.60. The van der Waals surface area contributed by atoms with Crippen LogP contribution < -0.4 is 0 Å². The van der Waals surface area contributed by atoms with Crippen LogP contribution in [0.3, 0.4) is 0 Å². The van der Waals surface area contributed by atoms with Crippen molar-refractivity contribution in [1.29, 1.82) is 0 Å². The lowest BCUT2D eigenvalue weighted by molar-refractivity contribution is -0.387. The summed E-state index contributed by atoms with van der Waals surface area (Å²) >= 11 is 5.75. The van der Waals surface area contributed by atoms with Crippen LogP contribution in [0.2, 0.25) is 5.02 Å². The van der Waals surface area contributed by atoms with Crippen LogP contribution in [0.1, 0.15) is 17.4 Å². The molecule has 0 aliphatic carbocycles. The zero-order valence-electron chi connectivity index (χ0n) is 12.7. The number of nitro benzene ring substituents is 1. The summed E-state index contributed by atoms with van der Waals surface area (Å²) < 4.78 is 30.6. The summed E-state index contributed by atoms with van der Waals surface area (Å²) in [7, 11) is -4.56. The molecule has 1 aromatic carbocycles. The molecule has 2 aromatic rings. The van der Waals surface area contributed by atoms with Crippen LogP contribution in [0.4, 0.5) is 5.69 Å². The number of Topliss-reactive ketones (excluding diaryl/α,β-unsaturated/α-hetero) is 1. The number of nitrogens with zero attached hydrogens (tertiary/aromatic N) is 2. The van der Waals surface area contributed by atoms with E-state index >= 15 is 0 Å². The molecule has 2 rings (SSSR count). The van der Waals surface area contributed by atoms with Crippen molar-refractivity contribution >= 4 is 39.1 Å². The molecule has 0 radical (unpaired) electrons. The van der Waals surface area contributed by atoms with Gasteiger partial charge in [0.2, 0.25) is 0 Å². The molecule has 0 unspecified atom stereocenters. The standard InChI is InChI=1S/C14H11ClN2O7S/c1-2-24-14(19)13(18)11-4-3-7-16(11)25(22,23)12-8-9(15)5-6-10(12)17(20)21/h3-8H,2H2,1H3. The molecular formula is C14H11ClN2O7S. The highest BCUT2D eigenvalue weighted by atomic mass is 35.5. The number of carbonyl (C=O) groups excluding carboxylic acids is 2. The number of ketones is 1. The lowest BCUT2D eigenvalue weighted by Gasteiger charge is -2.10. The summed E-state index contributed by atoms with van der Waals surface area (Å²) in [5.74, 6) is -2.43. The Morgan fingerprint density at radius 3 is 2.60 bits per heavy atom. The van der Waals surface area contributed by atoms with Crippen molar-refractivity contribution in [3.63, 3.8) is 0 Å². The van der Waals surface area contributed by atoms with Gasteiger partial charge in [-0.3, -0.25) is 14.9 Å². The van der Waals surface area contributed by atoms with Gasteiger partial charge >= 0.3 is 5.97 Å². The molecule has 1 heterocycles. The monoisotopic (exact) mass is 386 g/mol. The van der Waals surface area contributed by atoms with Crippen molar-refractivity contribution in [1.82, 2.24) is 3.97 Å². The van der Waals surface area contributed by atoms with Crippen molar-refractivity contribution in [3.8, 4) is 0 Å². The highest BCUT2D eigenvalue weighted by molar-refractivity contribution is 7.90. The lowest BCUT2D eigenvalue weighted by Crippen LogP contribution is -2.24. The fraction of sp³-hybridized carbons (Fsp3) is 0.143. The van der Waals surface area contributed by atoms with Crippen LogP contribution in [0.15, 0.2) is 41.4 Å². The number of ether oxygens (including phenoxy) is 1. The number of halogens is 1. The number of aromatic nitrogens is 1. The van der Waals surface area contributed by atoms with E-state index in [9.17, 15) is 28.1 Å². The van der Waals surface area contributed by atoms with Gasteiger partial charge in [-0.15, -0.1) is 0 Å². The van der Waals surface area contributed by atoms with Gasteiger partial charge in [0.1, 0.15) is 5.69 Å². The van der Waals surface area contributed by atoms with Crippen LogP contribution in [0, 0.1) is 10.1 Å². The van der Waals surface area contributed by atoms with E-state index in [1.807, 2.05) is 0 Å². The first-order valence-electron chi connectivity index (χ1n) is 6.78. The maximum Gasteiger partial charge on any atom is 0.381 e. The summed E-state index contributed by atoms with van der Waals surface area (Å²) in [6.07, 6.45) is 0.992. The van der Waals surface area contributed by atoms with Crippen LogP contribution in [0.25, 0.3) is 0 Å². The predicted molar refractivity (Wildman–Crippen MR) is 86.1 cm³/mol. The van der Waals surface area contributed by atoms with E-state index in [4.69, 9.17) is 11.6 Å². The first-order chi connectivity index (χ1) is 11.7. The Kier molecular flexibility index (Phi) is 5.24. The third-order valence-electron chi connectivity index (χ3n) is 3.06. The Balaban J connectivity index is 2.63. The zero-order valence-corrected chi connectivity index (χ0v) is 14.3. The fourth-order valence-electron chi connectivity index (χ4n) is 2.00. The van der Waals surface area contributed by atoms with Crippen molar-refractivity contribution in [2.75, 3.05) is 6.61 Å². The minimum atomic E-state index is -4.56. The Bertz CT molecular complexity index is 965. The molecule has 0 N–H and O–H groups in total. The predicted octanol–water partition coefficient (Wildman–Crippen LogP) is 2.03. The molecule has 0 saturated carbocycles. The SMILES string of the molecule is CCOC(=O)C(=O)c1cccn1S(=O)(=O)c1cc(Cl)ccc1[N+](=O)[O-]. The van der Waals surface area contributed by atoms with Gasteiger partial charge in [0.15, 0.2) is 4.90 Å². The molecule has 132 valence electrons. The third kappa shape index (κ3) is 3.54. The Hall–Kier alpha value is -2.72. The molecule has 0 aliphatic heterocycles. The quantitative estimate of drug-likeness (QED) is 0.244. The zero-order chi connectivity index (χ0) is 18.8. The summed E-state index contributed by atoms with van der Waals surface area (Å²) in [5, 5.41) is 11.1. The molecule has 0 saturated heterocycles. The van der Waals surface area contributed by atoms with E-state index < -0.39 is 43.0 Å². The molecule has 1 aromatic heterocycles. The lowest BCUT2D eigenvalue weighted by atomic mass is 10.3. The summed E-state index contributed by atoms with van der Waals surface area (Å²) in [5.41, 5.74) is -1.22. The van der Waals surface area contributed by atoms with Gasteiger partial charge in [-0.1, -0.05) is 11.6 Å². The van der Waals surface area contributed by atoms with E-state index in [0.29, 0.717) is 3.97 Å². The highest BCUT2D eigenvalue weighted by Crippen LogP contribution is 2.29. The Morgan fingerprint density at radius 2 is 2.00 bits per heavy atom. The molecule has 0 fully saturated rings. The van der Waals surface area contributed by atoms with Crippen molar-refractivity contribution < 1.29 is 27.7 Å². The number of nitro groups is 1. The maximum absolute atomic E-state index is 12.8. The van der Waals surface area contributed by atoms with Gasteiger partial charge in [-0.25, -0.2) is 17.2 Å². The minimum absolute atomic E-state index is 0.0467. The van der Waals surface area contributed by atoms with Crippen LogP contribution >= 0.6 is 11.6 Å². The topological polar surface area (TPSA) is 126 Å². The maximum atomic E-state index is 12.8. The van der Waals surface area contributed by atoms with E-state index in [0.717, 1.165) is 24.4 Å². The third-order valence-corrected chi connectivity index (χ3v) is 5.02. The highest BCUT2D eigenvalue weighted by Gasteiger charge is 2.32. The van der Waals surface area contributed by atoms with E-state index in [2.05, 4.69) is 4.74 Å². The molecule has 25 heavy (non-hydrogen) atoms. The summed E-state index contributed by atoms with van der Waals surface area (Å²) in [6.45, 7) is 1.41. The second-order valence-electron chi connectivity index (χ2n) is 4.61. The Morgan fingerprint density at radius 1 is 1.32 bits per heavy atom. The van der Waals surface area contributed by atoms with Crippen molar-refractivity contribution in [2.45, 2.75) is 11.8 Å². The van der Waals surface area contributed by atoms with E-state index in [-0.39, 0.29) is 11.6 Å². The van der Waals surface area contributed by atoms with Crippen LogP contribution in [0.5, 0.6) is 0 Å². The first kappa shape index (κ1) is 18.6. The largest absolute Gasteiger partial charge is 0.460 e. The second-order valence-corrected chi connectivity index (χ2v) is 6.83. The summed E-state index contributed by atoms with van der Waals surface area (Å²) in [6, 6.07) is 5.30. The minimum Gasteiger partial charge on any atom is -0.460 e. The number of hydrogen-bond acceptors (Lipinski definition) is 7. The second kappa shape index (κ2) is 7.03. The number of benzene rings is 1. The summed E-state index contributed by atoms with van der Waals surface area (Å²) in [4.78, 5) is 33.1. The average Bonchev–Trinajstić information content (AvgIpc) is 3.04. The molecule has 0 bridgehead atoms. The van der Waals surface area contributed by atoms with Gasteiger partial charge in [0, 0.05) is 17.3 Å². The molecule has 0 spiro atoms. The number of carbonyl (C=O) groups is 2. The van der Waals surface area contributed by atoms with Crippen LogP contribution in [-0.4, -0.2) is 35.7 Å². The van der Waals surface area contributed by atoms with Crippen molar-refractivity contribution in [2.24, 2.45) is 0 Å². The van der Waals surface area contributed by atoms with E-state index in [1.54, 1.807) is 0 Å². The fourth-order valence-corrected chi connectivity index (χ4v) is 3.77. The molecule has 0 atom stereocenters. The van der Waals surface area contributed by atoms with E-state index in [1.165, 1.54) is 19.1 Å². The molecule has 9 nitrogen and oxygen atoms in total. The van der Waals surface area contributed by atoms with Gasteiger partial charge in [-0.05, 0) is 31.2 Å². The van der Waals surface area contributed by atoms with Gasteiger partial charge in [0.05, 0.1) is 11.5 Å². The van der Waals surface area contributed by atoms with Gasteiger partial charge in [-0.2, -0.15) is 0 Å². The molecule has 11 heteroatoms. The Labute approximate surface area is 147 Å². The molecular weight excluding hydrogens is 376 g/mol. The smallest absolute Gasteiger partial charge is 0.381 e. The number of hydrogen-bond donors (Lipinski definition) is 0. The average molecular weight is 387 g/mol. The van der Waals surface area contributed by atoms with Crippen molar-refractivity contribution in [3.05, 3.63) is 57.4 Å². The number of rotatable bonds is 6. The van der Waals surface area contributed by atoms with Crippen LogP contribution in [-0.2, 0) is 19.6 Å².